The minimum atomic E-state index is -0.0828. The second-order valence-electron chi connectivity index (χ2n) is 3.46. The lowest BCUT2D eigenvalue weighted by molar-refractivity contribution is 0.502. The van der Waals surface area contributed by atoms with Crippen LogP contribution in [0, 0.1) is 5.92 Å². The van der Waals surface area contributed by atoms with Crippen LogP contribution in [0.1, 0.15) is 25.5 Å². The lowest BCUT2D eigenvalue weighted by Gasteiger charge is -2.14. The predicted octanol–water partition coefficient (Wildman–Crippen LogP) is 3.48. The van der Waals surface area contributed by atoms with Crippen molar-refractivity contribution in [3.05, 3.63) is 34.3 Å². The lowest BCUT2D eigenvalue weighted by atomic mass is 9.97. The minimum absolute atomic E-state index is 0.0828. The van der Waals surface area contributed by atoms with Gasteiger partial charge in [0.2, 0.25) is 6.08 Å². The van der Waals surface area contributed by atoms with Gasteiger partial charge in [0.15, 0.2) is 0 Å². The van der Waals surface area contributed by atoms with Crippen molar-refractivity contribution in [1.29, 1.82) is 0 Å². The van der Waals surface area contributed by atoms with Crippen molar-refractivity contribution in [2.24, 2.45) is 10.9 Å². The highest BCUT2D eigenvalue weighted by atomic mass is 79.9. The van der Waals surface area contributed by atoms with E-state index < -0.39 is 0 Å². The van der Waals surface area contributed by atoms with Crippen LogP contribution >= 0.6 is 15.9 Å². The lowest BCUT2D eigenvalue weighted by Crippen LogP contribution is -2.03. The molecule has 3 heteroatoms. The van der Waals surface area contributed by atoms with Crippen molar-refractivity contribution in [3.8, 4) is 0 Å². The quantitative estimate of drug-likeness (QED) is 0.599. The molecule has 1 unspecified atom stereocenters. The van der Waals surface area contributed by atoms with E-state index in [4.69, 9.17) is 0 Å². The van der Waals surface area contributed by atoms with Crippen molar-refractivity contribution < 1.29 is 4.79 Å². The Morgan fingerprint density at radius 2 is 1.86 bits per heavy atom. The van der Waals surface area contributed by atoms with Crippen molar-refractivity contribution in [2.45, 2.75) is 19.9 Å². The largest absolute Gasteiger partial charge is 0.235 e. The maximum absolute atomic E-state index is 10.3. The van der Waals surface area contributed by atoms with E-state index in [1.807, 2.05) is 38.1 Å². The molecule has 0 amide bonds. The maximum Gasteiger partial charge on any atom is 0.235 e. The highest BCUT2D eigenvalue weighted by molar-refractivity contribution is 9.10. The van der Waals surface area contributed by atoms with Crippen LogP contribution in [0.3, 0.4) is 0 Å². The normalized spacial score (nSPS) is 12.3. The first-order valence-electron chi connectivity index (χ1n) is 4.47. The molecule has 1 aromatic rings. The summed E-state index contributed by atoms with van der Waals surface area (Å²) in [6.07, 6.45) is 1.63. The zero-order chi connectivity index (χ0) is 10.6. The van der Waals surface area contributed by atoms with Crippen molar-refractivity contribution in [2.75, 3.05) is 0 Å². The molecule has 14 heavy (non-hydrogen) atoms. The summed E-state index contributed by atoms with van der Waals surface area (Å²) in [5, 5.41) is 0. The third-order valence-corrected chi connectivity index (χ3v) is 2.56. The van der Waals surface area contributed by atoms with E-state index in [0.29, 0.717) is 5.92 Å². The fourth-order valence-corrected chi connectivity index (χ4v) is 1.59. The Labute approximate surface area is 92.2 Å². The average Bonchev–Trinajstić information content (AvgIpc) is 2.15. The summed E-state index contributed by atoms with van der Waals surface area (Å²) in [6.45, 7) is 4.07. The molecule has 0 N–H and O–H groups in total. The highest BCUT2D eigenvalue weighted by Gasteiger charge is 2.13. The monoisotopic (exact) mass is 253 g/mol. The van der Waals surface area contributed by atoms with Crippen LogP contribution in [0.4, 0.5) is 0 Å². The Bertz CT molecular complexity index is 339. The SMILES string of the molecule is CC(C)C(N=C=O)c1ccc(Br)cc1. The van der Waals surface area contributed by atoms with Crippen LogP contribution in [0.2, 0.25) is 0 Å². The molecule has 0 aliphatic carbocycles. The molecular formula is C11H12BrNO. The first kappa shape index (κ1) is 11.2. The predicted molar refractivity (Wildman–Crippen MR) is 59.8 cm³/mol. The number of halogens is 1. The van der Waals surface area contributed by atoms with E-state index >= 15 is 0 Å². The van der Waals surface area contributed by atoms with Crippen LogP contribution in [0.5, 0.6) is 0 Å². The Kier molecular flexibility index (Phi) is 4.05. The van der Waals surface area contributed by atoms with Crippen molar-refractivity contribution in [3.63, 3.8) is 0 Å². The van der Waals surface area contributed by atoms with Gasteiger partial charge < -0.3 is 0 Å². The molecule has 1 rings (SSSR count). The summed E-state index contributed by atoms with van der Waals surface area (Å²) in [7, 11) is 0. The molecule has 0 saturated carbocycles. The molecule has 0 aliphatic heterocycles. The number of benzene rings is 1. The van der Waals surface area contributed by atoms with Gasteiger partial charge in [0.05, 0.1) is 6.04 Å². The number of carbonyl (C=O) groups excluding carboxylic acids is 1. The molecule has 0 spiro atoms. The van der Waals surface area contributed by atoms with Gasteiger partial charge in [-0.15, -0.1) is 0 Å². The van der Waals surface area contributed by atoms with Gasteiger partial charge in [-0.25, -0.2) is 4.79 Å². The number of hydrogen-bond donors (Lipinski definition) is 0. The van der Waals surface area contributed by atoms with Gasteiger partial charge in [-0.2, -0.15) is 4.99 Å². The molecular weight excluding hydrogens is 242 g/mol. The number of aliphatic imine (C=N–C) groups is 1. The van der Waals surface area contributed by atoms with Crippen molar-refractivity contribution in [1.82, 2.24) is 0 Å². The third kappa shape index (κ3) is 2.79. The maximum atomic E-state index is 10.3. The zero-order valence-corrected chi connectivity index (χ0v) is 9.78. The second kappa shape index (κ2) is 5.08. The van der Waals surface area contributed by atoms with E-state index in [2.05, 4.69) is 20.9 Å². The van der Waals surface area contributed by atoms with Gasteiger partial charge in [0.25, 0.3) is 0 Å². The Morgan fingerprint density at radius 1 is 1.29 bits per heavy atom. The highest BCUT2D eigenvalue weighted by Crippen LogP contribution is 2.26. The van der Waals surface area contributed by atoms with Crippen molar-refractivity contribution >= 4 is 22.0 Å². The minimum Gasteiger partial charge on any atom is -0.211 e. The molecule has 0 radical (unpaired) electrons. The first-order valence-corrected chi connectivity index (χ1v) is 5.27. The summed E-state index contributed by atoms with van der Waals surface area (Å²) < 4.78 is 1.03. The number of isocyanates is 1. The summed E-state index contributed by atoms with van der Waals surface area (Å²) in [5.74, 6) is 0.303. The molecule has 2 nitrogen and oxygen atoms in total. The van der Waals surface area contributed by atoms with Crippen LogP contribution in [-0.4, -0.2) is 6.08 Å². The number of hydrogen-bond acceptors (Lipinski definition) is 2. The molecule has 1 atom stereocenters. The molecule has 0 fully saturated rings. The van der Waals surface area contributed by atoms with E-state index in [0.717, 1.165) is 10.0 Å². The first-order chi connectivity index (χ1) is 6.65. The topological polar surface area (TPSA) is 29.4 Å². The molecule has 0 saturated heterocycles. The van der Waals surface area contributed by atoms with Gasteiger partial charge in [-0.3, -0.25) is 0 Å². The van der Waals surface area contributed by atoms with Crippen LogP contribution < -0.4 is 0 Å². The fourth-order valence-electron chi connectivity index (χ4n) is 1.33. The smallest absolute Gasteiger partial charge is 0.211 e. The van der Waals surface area contributed by atoms with E-state index in [1.165, 1.54) is 0 Å². The fraction of sp³-hybridized carbons (Fsp3) is 0.364. The van der Waals surface area contributed by atoms with E-state index in [-0.39, 0.29) is 6.04 Å². The Morgan fingerprint density at radius 3 is 2.29 bits per heavy atom. The molecule has 0 bridgehead atoms. The van der Waals surface area contributed by atoms with Gasteiger partial charge in [0.1, 0.15) is 0 Å². The average molecular weight is 254 g/mol. The molecule has 74 valence electrons. The molecule has 0 heterocycles. The van der Waals surface area contributed by atoms with Gasteiger partial charge in [0, 0.05) is 4.47 Å². The van der Waals surface area contributed by atoms with E-state index in [1.54, 1.807) is 6.08 Å². The molecule has 0 aliphatic rings. The standard InChI is InChI=1S/C11H12BrNO/c1-8(2)11(13-7-14)9-3-5-10(12)6-4-9/h3-6,8,11H,1-2H3. The Balaban J connectivity index is 2.99. The Hall–Kier alpha value is -0.920. The van der Waals surface area contributed by atoms with Crippen LogP contribution in [0.15, 0.2) is 33.7 Å². The van der Waals surface area contributed by atoms with Crippen LogP contribution in [-0.2, 0) is 4.79 Å². The summed E-state index contributed by atoms with van der Waals surface area (Å²) in [5.41, 5.74) is 1.05. The second-order valence-corrected chi connectivity index (χ2v) is 4.38. The van der Waals surface area contributed by atoms with Gasteiger partial charge >= 0.3 is 0 Å². The number of rotatable bonds is 3. The van der Waals surface area contributed by atoms with Gasteiger partial charge in [-0.05, 0) is 23.6 Å². The molecule has 1 aromatic carbocycles. The summed E-state index contributed by atoms with van der Waals surface area (Å²) >= 11 is 3.36. The third-order valence-electron chi connectivity index (χ3n) is 2.03. The van der Waals surface area contributed by atoms with Crippen LogP contribution in [0.25, 0.3) is 0 Å². The van der Waals surface area contributed by atoms with Gasteiger partial charge in [-0.1, -0.05) is 41.9 Å². The summed E-state index contributed by atoms with van der Waals surface area (Å²) in [4.78, 5) is 14.1. The zero-order valence-electron chi connectivity index (χ0n) is 8.20. The summed E-state index contributed by atoms with van der Waals surface area (Å²) in [6, 6.07) is 7.75. The van der Waals surface area contributed by atoms with E-state index in [9.17, 15) is 4.79 Å². The number of nitrogens with zero attached hydrogens (tertiary/aromatic N) is 1. The molecule has 0 aromatic heterocycles.